The summed E-state index contributed by atoms with van der Waals surface area (Å²) in [5.74, 6) is 0. The van der Waals surface area contributed by atoms with Crippen LogP contribution in [0, 0.1) is 0 Å². The van der Waals surface area contributed by atoms with Crippen molar-refractivity contribution < 1.29 is 47.5 Å². The lowest BCUT2D eigenvalue weighted by Gasteiger charge is -2.08. The van der Waals surface area contributed by atoms with E-state index in [2.05, 4.69) is 0 Å². The maximum atomic E-state index is 10.0. The average molecular weight is 410 g/mol. The first-order valence-corrected chi connectivity index (χ1v) is 9.41. The Balaban J connectivity index is 2.98. The fourth-order valence-electron chi connectivity index (χ4n) is 1.70. The lowest BCUT2D eigenvalue weighted by Crippen LogP contribution is -2.15. The van der Waals surface area contributed by atoms with Crippen LogP contribution in [-0.2, 0) is 47.5 Å². The molecule has 0 N–H and O–H groups in total. The minimum Gasteiger partial charge on any atom is -0.377 e. The molecule has 10 heteroatoms. The van der Waals surface area contributed by atoms with E-state index < -0.39 is 0 Å². The Labute approximate surface area is 166 Å². The van der Waals surface area contributed by atoms with Crippen LogP contribution in [0.5, 0.6) is 0 Å². The van der Waals surface area contributed by atoms with E-state index in [4.69, 9.17) is 37.9 Å². The molecule has 0 fully saturated rings. The molecule has 0 unspecified atom stereocenters. The minimum atomic E-state index is 0.101. The summed E-state index contributed by atoms with van der Waals surface area (Å²) in [6.45, 7) is 6.80. The first-order chi connectivity index (χ1) is 13.9. The van der Waals surface area contributed by atoms with Gasteiger partial charge in [-0.1, -0.05) is 0 Å². The van der Waals surface area contributed by atoms with Gasteiger partial charge in [0.1, 0.15) is 25.8 Å². The second-order valence-electron chi connectivity index (χ2n) is 5.16. The number of rotatable bonds is 25. The van der Waals surface area contributed by atoms with Gasteiger partial charge >= 0.3 is 0 Å². The smallest absolute Gasteiger partial charge is 0.145 e. The van der Waals surface area contributed by atoms with Crippen LogP contribution in [0.25, 0.3) is 0 Å². The van der Waals surface area contributed by atoms with Crippen LogP contribution in [0.4, 0.5) is 0 Å². The summed E-state index contributed by atoms with van der Waals surface area (Å²) in [5.41, 5.74) is 0. The van der Waals surface area contributed by atoms with Gasteiger partial charge in [-0.2, -0.15) is 0 Å². The zero-order chi connectivity index (χ0) is 20.4. The lowest BCUT2D eigenvalue weighted by molar-refractivity contribution is -0.113. The van der Waals surface area contributed by atoms with Crippen LogP contribution in [0.2, 0.25) is 0 Å². The van der Waals surface area contributed by atoms with E-state index in [9.17, 15) is 9.59 Å². The topological polar surface area (TPSA) is 108 Å². The first-order valence-electron chi connectivity index (χ1n) is 9.41. The molecule has 0 atom stereocenters. The van der Waals surface area contributed by atoms with Crippen LogP contribution in [0.3, 0.4) is 0 Å². The van der Waals surface area contributed by atoms with Gasteiger partial charge < -0.3 is 47.5 Å². The van der Waals surface area contributed by atoms with E-state index >= 15 is 0 Å². The van der Waals surface area contributed by atoms with Gasteiger partial charge in [-0.3, -0.25) is 0 Å². The van der Waals surface area contributed by atoms with Gasteiger partial charge in [0.15, 0.2) is 0 Å². The number of hydrogen-bond donors (Lipinski definition) is 0. The number of hydrogen-bond acceptors (Lipinski definition) is 10. The van der Waals surface area contributed by atoms with Crippen LogP contribution >= 0.6 is 0 Å². The van der Waals surface area contributed by atoms with E-state index in [0.717, 1.165) is 0 Å². The van der Waals surface area contributed by atoms with E-state index in [0.29, 0.717) is 105 Å². The molecule has 0 saturated carbocycles. The summed E-state index contributed by atoms with van der Waals surface area (Å²) in [7, 11) is 0. The van der Waals surface area contributed by atoms with Crippen molar-refractivity contribution in [3.05, 3.63) is 0 Å². The summed E-state index contributed by atoms with van der Waals surface area (Å²) in [4.78, 5) is 20.0. The molecule has 0 aromatic rings. The van der Waals surface area contributed by atoms with Gasteiger partial charge in [-0.15, -0.1) is 0 Å². The maximum absolute atomic E-state index is 10.0. The molecule has 0 aliphatic heterocycles. The predicted molar refractivity (Wildman–Crippen MR) is 98.7 cm³/mol. The van der Waals surface area contributed by atoms with Crippen molar-refractivity contribution in [3.63, 3.8) is 0 Å². The SMILES string of the molecule is O=CCOCCOCCOCCOCCOCCOCCOCCOCC=O. The number of ether oxygens (including phenoxy) is 8. The Kier molecular flexibility index (Phi) is 25.1. The van der Waals surface area contributed by atoms with Crippen molar-refractivity contribution in [1.29, 1.82) is 0 Å². The summed E-state index contributed by atoms with van der Waals surface area (Å²) in [6.07, 6.45) is 1.41. The molecule has 0 spiro atoms. The Morgan fingerprint density at radius 1 is 0.321 bits per heavy atom. The van der Waals surface area contributed by atoms with Crippen molar-refractivity contribution in [3.8, 4) is 0 Å². The number of carbonyl (C=O) groups excluding carboxylic acids is 2. The molecule has 0 bridgehead atoms. The Morgan fingerprint density at radius 3 is 0.679 bits per heavy atom. The van der Waals surface area contributed by atoms with Crippen molar-refractivity contribution in [1.82, 2.24) is 0 Å². The third kappa shape index (κ3) is 25.0. The highest BCUT2D eigenvalue weighted by atomic mass is 16.6. The van der Waals surface area contributed by atoms with Crippen molar-refractivity contribution in [2.45, 2.75) is 0 Å². The highest BCUT2D eigenvalue weighted by Gasteiger charge is 1.94. The summed E-state index contributed by atoms with van der Waals surface area (Å²) >= 11 is 0. The molecule has 0 saturated heterocycles. The monoisotopic (exact) mass is 410 g/mol. The lowest BCUT2D eigenvalue weighted by atomic mass is 10.6. The molecule has 0 amide bonds. The van der Waals surface area contributed by atoms with Crippen LogP contribution in [-0.4, -0.2) is 118 Å². The van der Waals surface area contributed by atoms with Crippen molar-refractivity contribution in [2.75, 3.05) is 106 Å². The molecule has 28 heavy (non-hydrogen) atoms. The zero-order valence-corrected chi connectivity index (χ0v) is 16.6. The second-order valence-corrected chi connectivity index (χ2v) is 5.16. The van der Waals surface area contributed by atoms with Gasteiger partial charge in [0.25, 0.3) is 0 Å². The molecule has 166 valence electrons. The third-order valence-electron chi connectivity index (χ3n) is 2.98. The number of carbonyl (C=O) groups is 2. The van der Waals surface area contributed by atoms with Gasteiger partial charge in [0.2, 0.25) is 0 Å². The minimum absolute atomic E-state index is 0.101. The Hall–Kier alpha value is -0.980. The van der Waals surface area contributed by atoms with Crippen LogP contribution in [0.1, 0.15) is 0 Å². The molecule has 0 aromatic carbocycles. The van der Waals surface area contributed by atoms with Gasteiger partial charge in [-0.05, 0) is 0 Å². The van der Waals surface area contributed by atoms with Crippen molar-refractivity contribution in [2.24, 2.45) is 0 Å². The highest BCUT2D eigenvalue weighted by Crippen LogP contribution is 1.85. The molecule has 0 radical (unpaired) electrons. The fourth-order valence-corrected chi connectivity index (χ4v) is 1.70. The van der Waals surface area contributed by atoms with Gasteiger partial charge in [-0.25, -0.2) is 0 Å². The molecule has 0 aromatic heterocycles. The normalized spacial score (nSPS) is 11.0. The largest absolute Gasteiger partial charge is 0.377 e. The maximum Gasteiger partial charge on any atom is 0.145 e. The molecule has 0 aliphatic carbocycles. The predicted octanol–water partition coefficient (Wildman–Crippen LogP) is -0.483. The van der Waals surface area contributed by atoms with E-state index in [1.165, 1.54) is 0 Å². The summed E-state index contributed by atoms with van der Waals surface area (Å²) < 4.78 is 41.8. The van der Waals surface area contributed by atoms with Gasteiger partial charge in [0, 0.05) is 0 Å². The van der Waals surface area contributed by atoms with Gasteiger partial charge in [0.05, 0.1) is 92.5 Å². The third-order valence-corrected chi connectivity index (χ3v) is 2.98. The zero-order valence-electron chi connectivity index (χ0n) is 16.6. The van der Waals surface area contributed by atoms with Crippen LogP contribution < -0.4 is 0 Å². The second kappa shape index (κ2) is 26.0. The van der Waals surface area contributed by atoms with E-state index in [-0.39, 0.29) is 13.2 Å². The molecule has 10 nitrogen and oxygen atoms in total. The quantitative estimate of drug-likeness (QED) is 0.145. The van der Waals surface area contributed by atoms with Crippen molar-refractivity contribution >= 4 is 12.6 Å². The number of aldehydes is 2. The molecular weight excluding hydrogens is 376 g/mol. The van der Waals surface area contributed by atoms with Crippen LogP contribution in [0.15, 0.2) is 0 Å². The molecule has 0 aliphatic rings. The fraction of sp³-hybridized carbons (Fsp3) is 0.889. The Bertz CT molecular complexity index is 287. The first kappa shape index (κ1) is 27.0. The summed E-state index contributed by atoms with van der Waals surface area (Å²) in [5, 5.41) is 0. The summed E-state index contributed by atoms with van der Waals surface area (Å²) in [6, 6.07) is 0. The molecule has 0 rings (SSSR count). The van der Waals surface area contributed by atoms with E-state index in [1.807, 2.05) is 0 Å². The Morgan fingerprint density at radius 2 is 0.500 bits per heavy atom. The standard InChI is InChI=1S/C18H34O10/c19-1-3-21-5-7-23-9-11-25-13-15-27-17-18-28-16-14-26-12-10-24-8-6-22-4-2-20/h1-2H,3-18H2. The highest BCUT2D eigenvalue weighted by molar-refractivity contribution is 5.50. The molecular formula is C18H34O10. The van der Waals surface area contributed by atoms with E-state index in [1.54, 1.807) is 0 Å². The molecule has 0 heterocycles. The average Bonchev–Trinajstić information content (AvgIpc) is 2.71.